The van der Waals surface area contributed by atoms with Gasteiger partial charge >= 0.3 is 0 Å². The fraction of sp³-hybridized carbons (Fsp3) is 0.526. The summed E-state index contributed by atoms with van der Waals surface area (Å²) in [4.78, 5) is 12.3. The zero-order valence-electron chi connectivity index (χ0n) is 12.6. The molecule has 2 heterocycles. The van der Waals surface area contributed by atoms with Crippen molar-refractivity contribution < 1.29 is 21.9 Å². The molecule has 4 heteroatoms. The molecule has 1 aliphatic carbocycles. The van der Waals surface area contributed by atoms with Crippen molar-refractivity contribution in [1.29, 1.82) is 0 Å². The second-order valence-electron chi connectivity index (χ2n) is 6.37. The first kappa shape index (κ1) is 18.2. The van der Waals surface area contributed by atoms with Crippen molar-refractivity contribution in [3.63, 3.8) is 0 Å². The lowest BCUT2D eigenvalue weighted by Gasteiger charge is -2.37. The highest BCUT2D eigenvalue weighted by Crippen LogP contribution is 2.39. The van der Waals surface area contributed by atoms with Gasteiger partial charge < -0.3 is 22.5 Å². The maximum Gasteiger partial charge on any atom is 0.167 e. The number of hydrogen-bond acceptors (Lipinski definition) is 3. The largest absolute Gasteiger partial charge is 1.00 e. The summed E-state index contributed by atoms with van der Waals surface area (Å²) in [5.74, 6) is 0.919. The minimum Gasteiger partial charge on any atom is -1.00 e. The number of halogens is 1. The van der Waals surface area contributed by atoms with Crippen LogP contribution in [0.1, 0.15) is 49.0 Å². The Morgan fingerprint density at radius 3 is 2.52 bits per heavy atom. The van der Waals surface area contributed by atoms with Crippen LogP contribution in [0.25, 0.3) is 5.57 Å². The molecule has 1 fully saturated rings. The Bertz CT molecular complexity index is 605. The molecule has 1 aromatic rings. The predicted octanol–water partition coefficient (Wildman–Crippen LogP) is 0.455. The number of hydrogen-bond donors (Lipinski definition) is 1. The van der Waals surface area contributed by atoms with Crippen LogP contribution in [0.4, 0.5) is 0 Å². The normalized spacial score (nSPS) is 24.2. The molecule has 0 amide bonds. The number of rotatable bonds is 1. The predicted molar refractivity (Wildman–Crippen MR) is 89.0 cm³/mol. The van der Waals surface area contributed by atoms with Crippen molar-refractivity contribution in [3.8, 4) is 0 Å². The lowest BCUT2D eigenvalue weighted by molar-refractivity contribution is -0.0000208. The van der Waals surface area contributed by atoms with Gasteiger partial charge in [0, 0.05) is 12.0 Å². The summed E-state index contributed by atoms with van der Waals surface area (Å²) in [6, 6.07) is 7.97. The number of carbonyl (C=O) groups is 1. The summed E-state index contributed by atoms with van der Waals surface area (Å²) in [5.41, 5.74) is 4.58. The van der Waals surface area contributed by atoms with E-state index in [0.29, 0.717) is 25.0 Å². The van der Waals surface area contributed by atoms with Crippen LogP contribution in [0.5, 0.6) is 0 Å². The quantitative estimate of drug-likeness (QED) is 0.810. The summed E-state index contributed by atoms with van der Waals surface area (Å²) in [5, 5.41) is 3.41. The SMILES string of the molecule is C.O=C1CC2=C(COC(C3CCNCC3)C2)c2ccccc21.[Cl-]. The van der Waals surface area contributed by atoms with Gasteiger partial charge in [-0.3, -0.25) is 4.79 Å². The van der Waals surface area contributed by atoms with Gasteiger partial charge in [0.15, 0.2) is 5.78 Å². The zero-order valence-corrected chi connectivity index (χ0v) is 13.4. The maximum absolute atomic E-state index is 12.3. The van der Waals surface area contributed by atoms with E-state index in [-0.39, 0.29) is 25.6 Å². The first-order valence-electron chi connectivity index (χ1n) is 7.99. The summed E-state index contributed by atoms with van der Waals surface area (Å²) in [7, 11) is 0. The Hall–Kier alpha value is -1.16. The summed E-state index contributed by atoms with van der Waals surface area (Å²) < 4.78 is 6.18. The van der Waals surface area contributed by atoms with E-state index < -0.39 is 0 Å². The highest BCUT2D eigenvalue weighted by molar-refractivity contribution is 6.06. The Morgan fingerprint density at radius 1 is 1.09 bits per heavy atom. The third-order valence-corrected chi connectivity index (χ3v) is 5.15. The summed E-state index contributed by atoms with van der Waals surface area (Å²) in [6.07, 6.45) is 4.23. The molecule has 0 radical (unpaired) electrons. The lowest BCUT2D eigenvalue weighted by atomic mass is 9.78. The number of ether oxygens (including phenoxy) is 1. The Labute approximate surface area is 144 Å². The van der Waals surface area contributed by atoms with Crippen LogP contribution >= 0.6 is 0 Å². The van der Waals surface area contributed by atoms with Gasteiger partial charge in [-0.25, -0.2) is 0 Å². The van der Waals surface area contributed by atoms with Crippen molar-refractivity contribution in [2.45, 2.75) is 39.2 Å². The molecular formula is C19H25ClNO2-. The maximum atomic E-state index is 12.3. The summed E-state index contributed by atoms with van der Waals surface area (Å²) >= 11 is 0. The smallest absolute Gasteiger partial charge is 0.167 e. The van der Waals surface area contributed by atoms with Gasteiger partial charge in [-0.1, -0.05) is 37.3 Å². The molecule has 0 bridgehead atoms. The van der Waals surface area contributed by atoms with Crippen molar-refractivity contribution in [3.05, 3.63) is 41.0 Å². The van der Waals surface area contributed by atoms with Gasteiger partial charge in [0.1, 0.15) is 0 Å². The monoisotopic (exact) mass is 334 g/mol. The number of ketones is 1. The van der Waals surface area contributed by atoms with E-state index in [1.165, 1.54) is 24.0 Å². The number of Topliss-reactive ketones (excluding diaryl/α,β-unsaturated/α-hetero) is 1. The third kappa shape index (κ3) is 3.37. The number of carbonyl (C=O) groups excluding carboxylic acids is 1. The van der Waals surface area contributed by atoms with Crippen LogP contribution < -0.4 is 17.7 Å². The lowest BCUT2D eigenvalue weighted by Crippen LogP contribution is -3.00. The van der Waals surface area contributed by atoms with Gasteiger partial charge in [-0.2, -0.15) is 0 Å². The second kappa shape index (κ2) is 7.61. The van der Waals surface area contributed by atoms with Crippen LogP contribution in [0.15, 0.2) is 29.8 Å². The molecule has 2 aliphatic heterocycles. The fourth-order valence-electron chi connectivity index (χ4n) is 3.96. The molecule has 1 aromatic carbocycles. The third-order valence-electron chi connectivity index (χ3n) is 5.15. The molecule has 1 atom stereocenters. The molecule has 4 rings (SSSR count). The van der Waals surface area contributed by atoms with Crippen LogP contribution in [0.2, 0.25) is 0 Å². The van der Waals surface area contributed by atoms with Crippen LogP contribution in [-0.4, -0.2) is 31.6 Å². The summed E-state index contributed by atoms with van der Waals surface area (Å²) in [6.45, 7) is 2.87. The number of benzene rings is 1. The van der Waals surface area contributed by atoms with Crippen LogP contribution in [-0.2, 0) is 4.74 Å². The molecule has 1 saturated heterocycles. The van der Waals surface area contributed by atoms with Crippen molar-refractivity contribution >= 4 is 11.4 Å². The Morgan fingerprint density at radius 2 is 1.78 bits per heavy atom. The van der Waals surface area contributed by atoms with Crippen LogP contribution in [0.3, 0.4) is 0 Å². The molecule has 3 nitrogen and oxygen atoms in total. The first-order valence-corrected chi connectivity index (χ1v) is 7.99. The topological polar surface area (TPSA) is 38.3 Å². The molecule has 3 aliphatic rings. The second-order valence-corrected chi connectivity index (χ2v) is 6.37. The van der Waals surface area contributed by atoms with Crippen molar-refractivity contribution in [2.24, 2.45) is 5.92 Å². The standard InChI is InChI=1S/C18H21NO2.CH4.ClH/c20-17-9-13-10-18(12-5-7-19-8-6-12)21-11-16(13)14-3-1-2-4-15(14)17;;/h1-4,12,18-19H,5-11H2;1H4;1H/p-1. The van der Waals surface area contributed by atoms with Crippen molar-refractivity contribution in [1.82, 2.24) is 5.32 Å². The molecule has 126 valence electrons. The average molecular weight is 335 g/mol. The highest BCUT2D eigenvalue weighted by Gasteiger charge is 2.33. The molecule has 0 saturated carbocycles. The minimum absolute atomic E-state index is 0. The molecule has 0 spiro atoms. The zero-order chi connectivity index (χ0) is 14.2. The van der Waals surface area contributed by atoms with E-state index >= 15 is 0 Å². The Kier molecular flexibility index (Phi) is 6.01. The molecule has 1 N–H and O–H groups in total. The van der Waals surface area contributed by atoms with Crippen molar-refractivity contribution in [2.75, 3.05) is 19.7 Å². The van der Waals surface area contributed by atoms with E-state index in [2.05, 4.69) is 11.4 Å². The van der Waals surface area contributed by atoms with Gasteiger partial charge in [0.05, 0.1) is 12.7 Å². The number of piperidine rings is 1. The average Bonchev–Trinajstić information content (AvgIpc) is 2.55. The molecule has 0 aromatic heterocycles. The van der Waals surface area contributed by atoms with E-state index in [1.807, 2.05) is 18.2 Å². The van der Waals surface area contributed by atoms with Gasteiger partial charge in [0.2, 0.25) is 0 Å². The first-order chi connectivity index (χ1) is 10.3. The van der Waals surface area contributed by atoms with E-state index in [4.69, 9.17) is 4.74 Å². The Balaban J connectivity index is 0.000000960. The van der Waals surface area contributed by atoms with Gasteiger partial charge in [-0.05, 0) is 49.4 Å². The molecular weight excluding hydrogens is 310 g/mol. The van der Waals surface area contributed by atoms with Gasteiger partial charge in [-0.15, -0.1) is 0 Å². The highest BCUT2D eigenvalue weighted by atomic mass is 35.5. The van der Waals surface area contributed by atoms with E-state index in [9.17, 15) is 4.79 Å². The molecule has 1 unspecified atom stereocenters. The van der Waals surface area contributed by atoms with E-state index in [1.54, 1.807) is 0 Å². The minimum atomic E-state index is 0. The molecule has 23 heavy (non-hydrogen) atoms. The number of nitrogens with one attached hydrogen (secondary N) is 1. The fourth-order valence-corrected chi connectivity index (χ4v) is 3.96. The number of fused-ring (bicyclic) bond motifs is 2. The van der Waals surface area contributed by atoms with E-state index in [0.717, 1.165) is 30.6 Å². The van der Waals surface area contributed by atoms with Crippen LogP contribution in [0, 0.1) is 5.92 Å². The van der Waals surface area contributed by atoms with Gasteiger partial charge in [0.25, 0.3) is 0 Å².